The lowest BCUT2D eigenvalue weighted by molar-refractivity contribution is 0.350. The zero-order valence-corrected chi connectivity index (χ0v) is 12.8. The van der Waals surface area contributed by atoms with Gasteiger partial charge in [0.25, 0.3) is 0 Å². The zero-order valence-electron chi connectivity index (χ0n) is 11.2. The van der Waals surface area contributed by atoms with Crippen LogP contribution < -0.4 is 9.44 Å². The third-order valence-electron chi connectivity index (χ3n) is 2.31. The normalized spacial score (nSPS) is 11.7. The molecule has 10 heteroatoms. The highest BCUT2D eigenvalue weighted by Crippen LogP contribution is 2.08. The number of sulfonamides is 2. The predicted molar refractivity (Wildman–Crippen MR) is 76.2 cm³/mol. The number of nitrogens with zero attached hydrogens (tertiary/aromatic N) is 1. The lowest BCUT2D eigenvalue weighted by atomic mass is 10.3. The number of aromatic nitrogens is 1. The van der Waals surface area contributed by atoms with Crippen LogP contribution in [0.15, 0.2) is 23.4 Å². The molecule has 1 aromatic rings. The Kier molecular flexibility index (Phi) is 6.25. The fourth-order valence-corrected chi connectivity index (χ4v) is 2.99. The quantitative estimate of drug-likeness (QED) is 0.530. The van der Waals surface area contributed by atoms with Crippen LogP contribution in [0.25, 0.3) is 0 Å². The van der Waals surface area contributed by atoms with Gasteiger partial charge in [0.15, 0.2) is 0 Å². The Morgan fingerprint density at radius 1 is 1.29 bits per heavy atom. The number of hydrogen-bond acceptors (Lipinski definition) is 6. The van der Waals surface area contributed by atoms with Crippen LogP contribution in [0.4, 0.5) is 0 Å². The Morgan fingerprint density at radius 3 is 2.62 bits per heavy atom. The summed E-state index contributed by atoms with van der Waals surface area (Å²) >= 11 is 0. The molecule has 0 aliphatic carbocycles. The van der Waals surface area contributed by atoms with Gasteiger partial charge in [0, 0.05) is 24.5 Å². The van der Waals surface area contributed by atoms with E-state index in [0.717, 1.165) is 6.20 Å². The minimum Gasteiger partial charge on any atom is -0.384 e. The van der Waals surface area contributed by atoms with E-state index < -0.39 is 20.0 Å². The minimum atomic E-state index is -3.87. The summed E-state index contributed by atoms with van der Waals surface area (Å²) < 4.78 is 50.6. The van der Waals surface area contributed by atoms with Crippen molar-refractivity contribution < 1.29 is 21.9 Å². The van der Waals surface area contributed by atoms with Crippen molar-refractivity contribution in [3.63, 3.8) is 0 Å². The summed E-state index contributed by atoms with van der Waals surface area (Å²) in [5.74, 6) is 4.54. The predicted octanol–water partition coefficient (Wildman–Crippen LogP) is -1.75. The molecule has 0 bridgehead atoms. The molecule has 0 aliphatic heterocycles. The largest absolute Gasteiger partial charge is 0.384 e. The number of pyridine rings is 1. The van der Waals surface area contributed by atoms with Crippen molar-refractivity contribution in [1.82, 2.24) is 14.4 Å². The number of aliphatic hydroxyl groups is 1. The molecule has 1 aromatic heterocycles. The second kappa shape index (κ2) is 7.48. The van der Waals surface area contributed by atoms with E-state index in [-0.39, 0.29) is 23.8 Å². The van der Waals surface area contributed by atoms with Gasteiger partial charge in [0.2, 0.25) is 20.0 Å². The molecule has 0 unspecified atom stereocenters. The topological polar surface area (TPSA) is 125 Å². The third-order valence-corrected chi connectivity index (χ3v) is 5.10. The Bertz CT molecular complexity index is 748. The molecule has 0 aliphatic rings. The van der Waals surface area contributed by atoms with Gasteiger partial charge in [0.1, 0.15) is 11.5 Å². The summed E-state index contributed by atoms with van der Waals surface area (Å²) in [5.41, 5.74) is 0.328. The second-order valence-corrected chi connectivity index (χ2v) is 7.60. The maximum absolute atomic E-state index is 12.0. The smallest absolute Gasteiger partial charge is 0.242 e. The van der Waals surface area contributed by atoms with Gasteiger partial charge < -0.3 is 5.11 Å². The standard InChI is InChI=1S/C11H15N3O5S2/c1-12-20(16,17)6-4-14-21(18,19)11-7-10(3-2-5-15)8-13-9-11/h7-9,12,14-15H,4-6H2,1H3. The fourth-order valence-electron chi connectivity index (χ4n) is 1.27. The SMILES string of the molecule is CNS(=O)(=O)CCNS(=O)(=O)c1cncc(C#CCO)c1. The van der Waals surface area contributed by atoms with Crippen molar-refractivity contribution in [2.75, 3.05) is 26.0 Å². The summed E-state index contributed by atoms with van der Waals surface area (Å²) in [5, 5.41) is 8.59. The molecule has 0 atom stereocenters. The zero-order chi connectivity index (χ0) is 15.9. The maximum Gasteiger partial charge on any atom is 0.242 e. The van der Waals surface area contributed by atoms with E-state index in [4.69, 9.17) is 5.11 Å². The molecule has 8 nitrogen and oxygen atoms in total. The molecule has 0 saturated heterocycles. The Hall–Kier alpha value is -1.51. The van der Waals surface area contributed by atoms with Crippen molar-refractivity contribution in [3.05, 3.63) is 24.0 Å². The molecule has 3 N–H and O–H groups in total. The molecule has 0 aromatic carbocycles. The number of hydrogen-bond donors (Lipinski definition) is 3. The van der Waals surface area contributed by atoms with E-state index in [0.29, 0.717) is 5.56 Å². The third kappa shape index (κ3) is 5.78. The highest BCUT2D eigenvalue weighted by molar-refractivity contribution is 7.90. The summed E-state index contributed by atoms with van der Waals surface area (Å²) in [6.07, 6.45) is 2.48. The van der Waals surface area contributed by atoms with Gasteiger partial charge in [-0.25, -0.2) is 26.3 Å². The molecule has 116 valence electrons. The first-order valence-corrected chi connectivity index (χ1v) is 8.90. The monoisotopic (exact) mass is 333 g/mol. The van der Waals surface area contributed by atoms with Crippen LogP contribution in [0.3, 0.4) is 0 Å². The summed E-state index contributed by atoms with van der Waals surface area (Å²) in [6, 6.07) is 1.28. The first-order valence-electron chi connectivity index (χ1n) is 5.76. The lowest BCUT2D eigenvalue weighted by Gasteiger charge is -2.07. The number of rotatable bonds is 6. The first kappa shape index (κ1) is 17.5. The summed E-state index contributed by atoms with van der Waals surface area (Å²) in [7, 11) is -6.11. The Labute approximate surface area is 123 Å². The summed E-state index contributed by atoms with van der Waals surface area (Å²) in [4.78, 5) is 3.61. The fraction of sp³-hybridized carbons (Fsp3) is 0.364. The van der Waals surface area contributed by atoms with E-state index in [2.05, 4.69) is 26.3 Å². The summed E-state index contributed by atoms with van der Waals surface area (Å²) in [6.45, 7) is -0.616. The number of nitrogens with one attached hydrogen (secondary N) is 2. The van der Waals surface area contributed by atoms with Crippen molar-refractivity contribution in [3.8, 4) is 11.8 Å². The molecule has 0 radical (unpaired) electrons. The van der Waals surface area contributed by atoms with Gasteiger partial charge in [-0.05, 0) is 13.1 Å². The van der Waals surface area contributed by atoms with Gasteiger partial charge in [-0.15, -0.1) is 0 Å². The van der Waals surface area contributed by atoms with Crippen LogP contribution in [0.1, 0.15) is 5.56 Å². The van der Waals surface area contributed by atoms with E-state index in [1.54, 1.807) is 0 Å². The molecular formula is C11H15N3O5S2. The van der Waals surface area contributed by atoms with E-state index >= 15 is 0 Å². The molecule has 0 spiro atoms. The molecule has 0 amide bonds. The first-order chi connectivity index (χ1) is 9.80. The van der Waals surface area contributed by atoms with E-state index in [9.17, 15) is 16.8 Å². The molecule has 1 heterocycles. The lowest BCUT2D eigenvalue weighted by Crippen LogP contribution is -2.33. The van der Waals surface area contributed by atoms with Gasteiger partial charge in [-0.1, -0.05) is 11.8 Å². The Balaban J connectivity index is 2.84. The van der Waals surface area contributed by atoms with Crippen LogP contribution in [-0.2, 0) is 20.0 Å². The van der Waals surface area contributed by atoms with Crippen LogP contribution in [0.5, 0.6) is 0 Å². The van der Waals surface area contributed by atoms with Crippen LogP contribution in [-0.4, -0.2) is 52.9 Å². The number of aliphatic hydroxyl groups excluding tert-OH is 1. The van der Waals surface area contributed by atoms with E-state index in [1.165, 1.54) is 19.3 Å². The minimum absolute atomic E-state index is 0.130. The molecule has 21 heavy (non-hydrogen) atoms. The average molecular weight is 333 g/mol. The van der Waals surface area contributed by atoms with E-state index in [1.807, 2.05) is 0 Å². The molecular weight excluding hydrogens is 318 g/mol. The van der Waals surface area contributed by atoms with Gasteiger partial charge in [-0.3, -0.25) is 4.98 Å². The highest BCUT2D eigenvalue weighted by atomic mass is 32.2. The Morgan fingerprint density at radius 2 is 2.00 bits per heavy atom. The van der Waals surface area contributed by atoms with Crippen molar-refractivity contribution in [2.45, 2.75) is 4.90 Å². The van der Waals surface area contributed by atoms with Crippen LogP contribution >= 0.6 is 0 Å². The van der Waals surface area contributed by atoms with Gasteiger partial charge >= 0.3 is 0 Å². The van der Waals surface area contributed by atoms with Crippen LogP contribution in [0.2, 0.25) is 0 Å². The molecule has 1 rings (SSSR count). The van der Waals surface area contributed by atoms with Gasteiger partial charge in [-0.2, -0.15) is 0 Å². The second-order valence-electron chi connectivity index (χ2n) is 3.79. The molecule has 0 fully saturated rings. The van der Waals surface area contributed by atoms with Crippen LogP contribution in [0, 0.1) is 11.8 Å². The molecule has 0 saturated carbocycles. The van der Waals surface area contributed by atoms with Gasteiger partial charge in [0.05, 0.1) is 5.75 Å². The highest BCUT2D eigenvalue weighted by Gasteiger charge is 2.16. The average Bonchev–Trinajstić information content (AvgIpc) is 2.45. The maximum atomic E-state index is 12.0. The van der Waals surface area contributed by atoms with Crippen molar-refractivity contribution in [2.24, 2.45) is 0 Å². The van der Waals surface area contributed by atoms with Crippen molar-refractivity contribution in [1.29, 1.82) is 0 Å². The van der Waals surface area contributed by atoms with Crippen molar-refractivity contribution >= 4 is 20.0 Å².